The van der Waals surface area contributed by atoms with Crippen LogP contribution in [-0.2, 0) is 24.1 Å². The van der Waals surface area contributed by atoms with E-state index in [4.69, 9.17) is 9.97 Å². The van der Waals surface area contributed by atoms with Crippen molar-refractivity contribution in [3.05, 3.63) is 40.6 Å². The molecule has 6 rings (SSSR count). The zero-order valence-electron chi connectivity index (χ0n) is 15.5. The SMILES string of the molecule is C[C@H]1CCN1c1nc2c(c(-c3cccc4c3CC3C(C(=O)O)C43)n1)CCC2. The topological polar surface area (TPSA) is 66.3 Å². The number of fused-ring (bicyclic) bond motifs is 4. The summed E-state index contributed by atoms with van der Waals surface area (Å²) >= 11 is 0. The Hall–Kier alpha value is -2.43. The summed E-state index contributed by atoms with van der Waals surface area (Å²) < 4.78 is 0. The molecule has 1 aromatic carbocycles. The highest BCUT2D eigenvalue weighted by Crippen LogP contribution is 2.62. The molecule has 1 aromatic heterocycles. The molecule has 5 heteroatoms. The number of carboxylic acid groups (broad SMARTS) is 1. The van der Waals surface area contributed by atoms with Gasteiger partial charge in [0.2, 0.25) is 5.95 Å². The van der Waals surface area contributed by atoms with Gasteiger partial charge in [-0.3, -0.25) is 4.79 Å². The molecular weight excluding hydrogens is 338 g/mol. The molecule has 1 aliphatic heterocycles. The predicted molar refractivity (Wildman–Crippen MR) is 102 cm³/mol. The second kappa shape index (κ2) is 5.31. The first-order chi connectivity index (χ1) is 13.1. The Balaban J connectivity index is 1.47. The molecule has 27 heavy (non-hydrogen) atoms. The fourth-order valence-corrected chi connectivity index (χ4v) is 5.58. The minimum absolute atomic E-state index is 0.179. The molecule has 0 amide bonds. The van der Waals surface area contributed by atoms with Crippen LogP contribution in [0.25, 0.3) is 11.3 Å². The highest BCUT2D eigenvalue weighted by atomic mass is 16.4. The summed E-state index contributed by atoms with van der Waals surface area (Å²) in [6, 6.07) is 6.92. The maximum Gasteiger partial charge on any atom is 0.307 e. The predicted octanol–water partition coefficient (Wildman–Crippen LogP) is 3.20. The minimum Gasteiger partial charge on any atom is -0.481 e. The van der Waals surface area contributed by atoms with Crippen molar-refractivity contribution in [1.82, 2.24) is 9.97 Å². The molecule has 4 aliphatic rings. The number of benzene rings is 1. The first-order valence-corrected chi connectivity index (χ1v) is 10.1. The highest BCUT2D eigenvalue weighted by Gasteiger charge is 2.60. The van der Waals surface area contributed by atoms with Gasteiger partial charge >= 0.3 is 5.97 Å². The summed E-state index contributed by atoms with van der Waals surface area (Å²) in [7, 11) is 0. The van der Waals surface area contributed by atoms with E-state index in [9.17, 15) is 9.90 Å². The summed E-state index contributed by atoms with van der Waals surface area (Å²) in [4.78, 5) is 23.7. The van der Waals surface area contributed by atoms with Crippen LogP contribution < -0.4 is 4.90 Å². The molecule has 0 radical (unpaired) electrons. The van der Waals surface area contributed by atoms with E-state index < -0.39 is 5.97 Å². The van der Waals surface area contributed by atoms with Gasteiger partial charge in [-0.05, 0) is 56.1 Å². The lowest BCUT2D eigenvalue weighted by atomic mass is 9.93. The summed E-state index contributed by atoms with van der Waals surface area (Å²) in [5.41, 5.74) is 7.44. The Bertz CT molecular complexity index is 986. The zero-order valence-corrected chi connectivity index (χ0v) is 15.5. The van der Waals surface area contributed by atoms with Crippen LogP contribution in [0.3, 0.4) is 0 Å². The quantitative estimate of drug-likeness (QED) is 0.909. The average Bonchev–Trinajstić information content (AvgIpc) is 2.98. The summed E-state index contributed by atoms with van der Waals surface area (Å²) in [5.74, 6) is 0.554. The molecule has 1 saturated carbocycles. The van der Waals surface area contributed by atoms with Gasteiger partial charge < -0.3 is 10.0 Å². The number of hydrogen-bond donors (Lipinski definition) is 1. The standard InChI is InChI=1S/C22H23N3O2/c1-11-8-9-25(11)22-23-17-7-3-6-14(17)20(24-22)13-5-2-4-12-15(13)10-16-18(12)19(16)21(26)27/h2,4-5,11,16,18-19H,3,6-10H2,1H3,(H,26,27)/t11-,16?,18?,19?/m0/s1. The maximum absolute atomic E-state index is 11.5. The molecule has 0 spiro atoms. The summed E-state index contributed by atoms with van der Waals surface area (Å²) in [5, 5.41) is 9.43. The van der Waals surface area contributed by atoms with Crippen molar-refractivity contribution in [3.63, 3.8) is 0 Å². The lowest BCUT2D eigenvalue weighted by Crippen LogP contribution is -2.46. The van der Waals surface area contributed by atoms with E-state index in [0.29, 0.717) is 6.04 Å². The van der Waals surface area contributed by atoms with Gasteiger partial charge in [-0.25, -0.2) is 9.97 Å². The second-order valence-corrected chi connectivity index (χ2v) is 8.61. The smallest absolute Gasteiger partial charge is 0.307 e. The van der Waals surface area contributed by atoms with Crippen molar-refractivity contribution in [2.45, 2.75) is 51.0 Å². The van der Waals surface area contributed by atoms with Gasteiger partial charge in [0.15, 0.2) is 0 Å². The molecule has 5 nitrogen and oxygen atoms in total. The van der Waals surface area contributed by atoms with Gasteiger partial charge in [0.25, 0.3) is 0 Å². The molecule has 4 atom stereocenters. The van der Waals surface area contributed by atoms with E-state index in [1.54, 1.807) is 0 Å². The van der Waals surface area contributed by atoms with Gasteiger partial charge in [0, 0.05) is 35.3 Å². The van der Waals surface area contributed by atoms with Crippen LogP contribution in [0.2, 0.25) is 0 Å². The number of carboxylic acids is 1. The number of hydrogen-bond acceptors (Lipinski definition) is 4. The van der Waals surface area contributed by atoms with Gasteiger partial charge in [0.05, 0.1) is 11.6 Å². The van der Waals surface area contributed by atoms with Crippen LogP contribution >= 0.6 is 0 Å². The largest absolute Gasteiger partial charge is 0.481 e. The third-order valence-electron chi connectivity index (χ3n) is 7.22. The number of rotatable bonds is 3. The number of nitrogens with zero attached hydrogens (tertiary/aromatic N) is 3. The van der Waals surface area contributed by atoms with Crippen LogP contribution in [0.15, 0.2) is 18.2 Å². The Kier molecular flexibility index (Phi) is 3.07. The van der Waals surface area contributed by atoms with Crippen LogP contribution in [-0.4, -0.2) is 33.6 Å². The van der Waals surface area contributed by atoms with E-state index in [0.717, 1.165) is 43.9 Å². The summed E-state index contributed by atoms with van der Waals surface area (Å²) in [6.45, 7) is 3.27. The second-order valence-electron chi connectivity index (χ2n) is 8.61. The van der Waals surface area contributed by atoms with Crippen molar-refractivity contribution in [2.75, 3.05) is 11.4 Å². The monoisotopic (exact) mass is 361 g/mol. The summed E-state index contributed by atoms with van der Waals surface area (Å²) in [6.07, 6.45) is 5.32. The lowest BCUT2D eigenvalue weighted by molar-refractivity contribution is -0.139. The van der Waals surface area contributed by atoms with Crippen LogP contribution in [0.1, 0.15) is 48.1 Å². The average molecular weight is 361 g/mol. The molecule has 3 unspecified atom stereocenters. The van der Waals surface area contributed by atoms with Crippen molar-refractivity contribution in [2.24, 2.45) is 11.8 Å². The minimum atomic E-state index is -0.641. The zero-order chi connectivity index (χ0) is 18.3. The molecule has 0 bridgehead atoms. The van der Waals surface area contributed by atoms with Crippen molar-refractivity contribution in [3.8, 4) is 11.3 Å². The maximum atomic E-state index is 11.5. The Labute approximate surface area is 158 Å². The Morgan fingerprint density at radius 1 is 1.22 bits per heavy atom. The number of aryl methyl sites for hydroxylation is 1. The van der Waals surface area contributed by atoms with E-state index in [-0.39, 0.29) is 17.8 Å². The van der Waals surface area contributed by atoms with Crippen LogP contribution in [0.4, 0.5) is 5.95 Å². The first-order valence-electron chi connectivity index (χ1n) is 10.1. The van der Waals surface area contributed by atoms with Gasteiger partial charge in [-0.15, -0.1) is 0 Å². The fourth-order valence-electron chi connectivity index (χ4n) is 5.58. The van der Waals surface area contributed by atoms with Crippen LogP contribution in [0.5, 0.6) is 0 Å². The van der Waals surface area contributed by atoms with Crippen molar-refractivity contribution >= 4 is 11.9 Å². The molecule has 1 N–H and O–H groups in total. The third-order valence-corrected chi connectivity index (χ3v) is 7.22. The molecule has 3 aliphatic carbocycles. The fraction of sp³-hybridized carbons (Fsp3) is 0.500. The van der Waals surface area contributed by atoms with Crippen molar-refractivity contribution in [1.29, 1.82) is 0 Å². The van der Waals surface area contributed by atoms with Gasteiger partial charge in [-0.2, -0.15) is 0 Å². The molecule has 2 fully saturated rings. The van der Waals surface area contributed by atoms with E-state index >= 15 is 0 Å². The molecule has 1 saturated heterocycles. The van der Waals surface area contributed by atoms with Crippen LogP contribution in [0, 0.1) is 11.8 Å². The normalized spacial score (nSPS) is 29.7. The Morgan fingerprint density at radius 3 is 2.85 bits per heavy atom. The van der Waals surface area contributed by atoms with E-state index in [1.807, 2.05) is 0 Å². The first kappa shape index (κ1) is 15.6. The third kappa shape index (κ3) is 2.08. The lowest BCUT2D eigenvalue weighted by Gasteiger charge is -2.39. The van der Waals surface area contributed by atoms with E-state index in [1.165, 1.54) is 34.4 Å². The number of carbonyl (C=O) groups is 1. The number of anilines is 1. The van der Waals surface area contributed by atoms with Crippen molar-refractivity contribution < 1.29 is 9.90 Å². The molecule has 2 heterocycles. The Morgan fingerprint density at radius 2 is 2.11 bits per heavy atom. The van der Waals surface area contributed by atoms with Gasteiger partial charge in [0.1, 0.15) is 0 Å². The van der Waals surface area contributed by atoms with E-state index in [2.05, 4.69) is 30.0 Å². The number of aliphatic carboxylic acids is 1. The number of aromatic nitrogens is 2. The molecule has 2 aromatic rings. The highest BCUT2D eigenvalue weighted by molar-refractivity contribution is 5.80. The molecule has 138 valence electrons. The van der Waals surface area contributed by atoms with Gasteiger partial charge in [-0.1, -0.05) is 18.2 Å². The molecular formula is C22H23N3O2.